The molecular weight excluding hydrogens is 236 g/mol. The minimum atomic E-state index is 0.228. The van der Waals surface area contributed by atoms with Crippen LogP contribution in [0.25, 0.3) is 11.0 Å². The van der Waals surface area contributed by atoms with Crippen molar-refractivity contribution in [3.8, 4) is 0 Å². The highest BCUT2D eigenvalue weighted by molar-refractivity contribution is 5.74. The zero-order chi connectivity index (χ0) is 13.1. The molecule has 4 heteroatoms. The van der Waals surface area contributed by atoms with Crippen molar-refractivity contribution in [2.75, 3.05) is 5.43 Å². The first-order chi connectivity index (χ1) is 9.38. The maximum atomic E-state index is 4.16. The van der Waals surface area contributed by atoms with E-state index in [2.05, 4.69) is 46.9 Å². The first-order valence-electron chi connectivity index (χ1n) is 6.50. The number of rotatable bonds is 4. The van der Waals surface area contributed by atoms with Crippen molar-refractivity contribution in [2.45, 2.75) is 19.4 Å². The summed E-state index contributed by atoms with van der Waals surface area (Å²) in [5.41, 5.74) is 6.56. The summed E-state index contributed by atoms with van der Waals surface area (Å²) in [7, 11) is 0. The van der Waals surface area contributed by atoms with Crippen LogP contribution in [0.3, 0.4) is 0 Å². The Morgan fingerprint density at radius 3 is 2.58 bits per heavy atom. The minimum absolute atomic E-state index is 0.228. The third-order valence-electron chi connectivity index (χ3n) is 3.24. The van der Waals surface area contributed by atoms with Gasteiger partial charge in [-0.3, -0.25) is 0 Å². The number of aromatic nitrogens is 3. The Morgan fingerprint density at radius 1 is 1.05 bits per heavy atom. The van der Waals surface area contributed by atoms with Gasteiger partial charge in [0.1, 0.15) is 11.0 Å². The summed E-state index contributed by atoms with van der Waals surface area (Å²) in [6.07, 6.45) is 0.984. The smallest absolute Gasteiger partial charge is 0.115 e. The first kappa shape index (κ1) is 11.7. The van der Waals surface area contributed by atoms with Crippen molar-refractivity contribution < 1.29 is 0 Å². The molecule has 2 aromatic carbocycles. The molecule has 0 spiro atoms. The minimum Gasteiger partial charge on any atom is -0.301 e. The van der Waals surface area contributed by atoms with E-state index in [1.807, 2.05) is 30.3 Å². The SMILES string of the molecule is CCC(Nn1nnc2ccccc21)c1ccccc1. The van der Waals surface area contributed by atoms with E-state index in [4.69, 9.17) is 0 Å². The van der Waals surface area contributed by atoms with E-state index in [0.29, 0.717) is 0 Å². The zero-order valence-electron chi connectivity index (χ0n) is 10.8. The normalized spacial score (nSPS) is 12.5. The molecule has 0 radical (unpaired) electrons. The Labute approximate surface area is 112 Å². The van der Waals surface area contributed by atoms with E-state index >= 15 is 0 Å². The Morgan fingerprint density at radius 2 is 1.79 bits per heavy atom. The fourth-order valence-electron chi connectivity index (χ4n) is 2.20. The molecule has 1 unspecified atom stereocenters. The van der Waals surface area contributed by atoms with Crippen LogP contribution < -0.4 is 5.43 Å². The van der Waals surface area contributed by atoms with E-state index in [-0.39, 0.29) is 6.04 Å². The molecule has 0 amide bonds. The maximum absolute atomic E-state index is 4.16. The van der Waals surface area contributed by atoms with Gasteiger partial charge in [0, 0.05) is 0 Å². The number of para-hydroxylation sites is 1. The zero-order valence-corrected chi connectivity index (χ0v) is 10.8. The van der Waals surface area contributed by atoms with Crippen LogP contribution in [0.15, 0.2) is 54.6 Å². The lowest BCUT2D eigenvalue weighted by Crippen LogP contribution is -2.21. The molecule has 3 aromatic rings. The van der Waals surface area contributed by atoms with E-state index in [0.717, 1.165) is 17.5 Å². The van der Waals surface area contributed by atoms with Gasteiger partial charge in [-0.2, -0.15) is 4.79 Å². The molecule has 1 atom stereocenters. The second kappa shape index (κ2) is 5.10. The van der Waals surface area contributed by atoms with Gasteiger partial charge in [-0.1, -0.05) is 49.4 Å². The second-order valence-electron chi connectivity index (χ2n) is 4.49. The molecule has 0 fully saturated rings. The molecule has 0 aliphatic heterocycles. The van der Waals surface area contributed by atoms with E-state index in [1.54, 1.807) is 4.79 Å². The van der Waals surface area contributed by atoms with E-state index in [1.165, 1.54) is 5.56 Å². The fraction of sp³-hybridized carbons (Fsp3) is 0.200. The van der Waals surface area contributed by atoms with Crippen LogP contribution in [0.2, 0.25) is 0 Å². The standard InChI is InChI=1S/C15H16N4/c1-2-13(12-8-4-3-5-9-12)17-19-15-11-7-6-10-14(15)16-18-19/h3-11,13,17H,2H2,1H3. The Kier molecular flexibility index (Phi) is 3.14. The van der Waals surface area contributed by atoms with Crippen molar-refractivity contribution in [2.24, 2.45) is 0 Å². The molecule has 0 aliphatic carbocycles. The van der Waals surface area contributed by atoms with Crippen LogP contribution in [0.1, 0.15) is 24.9 Å². The summed E-state index contributed by atoms with van der Waals surface area (Å²) in [5.74, 6) is 0. The van der Waals surface area contributed by atoms with Crippen LogP contribution >= 0.6 is 0 Å². The second-order valence-corrected chi connectivity index (χ2v) is 4.49. The number of hydrogen-bond acceptors (Lipinski definition) is 3. The molecule has 0 saturated heterocycles. The van der Waals surface area contributed by atoms with Crippen LogP contribution in [-0.4, -0.2) is 15.1 Å². The lowest BCUT2D eigenvalue weighted by Gasteiger charge is -2.18. The molecule has 1 aromatic heterocycles. The monoisotopic (exact) mass is 252 g/mol. The van der Waals surface area contributed by atoms with Crippen LogP contribution in [0, 0.1) is 0 Å². The Balaban J connectivity index is 1.91. The molecule has 1 N–H and O–H groups in total. The van der Waals surface area contributed by atoms with Gasteiger partial charge in [-0.05, 0) is 29.3 Å². The van der Waals surface area contributed by atoms with Gasteiger partial charge in [0.05, 0.1) is 6.04 Å². The third kappa shape index (κ3) is 2.29. The van der Waals surface area contributed by atoms with Crippen molar-refractivity contribution in [3.05, 3.63) is 60.2 Å². The molecule has 0 saturated carbocycles. The predicted octanol–water partition coefficient (Wildman–Crippen LogP) is 3.13. The largest absolute Gasteiger partial charge is 0.301 e. The Bertz CT molecular complexity index is 660. The molecule has 1 heterocycles. The van der Waals surface area contributed by atoms with E-state index in [9.17, 15) is 0 Å². The lowest BCUT2D eigenvalue weighted by molar-refractivity contribution is 0.604. The summed E-state index contributed by atoms with van der Waals surface area (Å²) in [6, 6.07) is 18.6. The van der Waals surface area contributed by atoms with Crippen LogP contribution in [0.4, 0.5) is 0 Å². The molecular formula is C15H16N4. The summed E-state index contributed by atoms with van der Waals surface area (Å²) in [4.78, 5) is 1.76. The highest BCUT2D eigenvalue weighted by Gasteiger charge is 2.11. The van der Waals surface area contributed by atoms with Gasteiger partial charge in [-0.15, -0.1) is 5.10 Å². The predicted molar refractivity (Wildman–Crippen MR) is 76.4 cm³/mol. The summed E-state index contributed by atoms with van der Waals surface area (Å²) in [6.45, 7) is 2.16. The average Bonchev–Trinajstić information content (AvgIpc) is 2.89. The highest BCUT2D eigenvalue weighted by Crippen LogP contribution is 2.18. The number of nitrogens with zero attached hydrogens (tertiary/aromatic N) is 3. The third-order valence-corrected chi connectivity index (χ3v) is 3.24. The van der Waals surface area contributed by atoms with Gasteiger partial charge in [0.2, 0.25) is 0 Å². The van der Waals surface area contributed by atoms with E-state index < -0.39 is 0 Å². The summed E-state index contributed by atoms with van der Waals surface area (Å²) >= 11 is 0. The van der Waals surface area contributed by atoms with Crippen molar-refractivity contribution in [1.29, 1.82) is 0 Å². The topological polar surface area (TPSA) is 42.7 Å². The fourth-order valence-corrected chi connectivity index (χ4v) is 2.20. The molecule has 96 valence electrons. The first-order valence-corrected chi connectivity index (χ1v) is 6.50. The van der Waals surface area contributed by atoms with Crippen molar-refractivity contribution >= 4 is 11.0 Å². The van der Waals surface area contributed by atoms with Gasteiger partial charge in [0.25, 0.3) is 0 Å². The summed E-state index contributed by atoms with van der Waals surface area (Å²) in [5, 5.41) is 8.31. The average molecular weight is 252 g/mol. The highest BCUT2D eigenvalue weighted by atomic mass is 15.6. The quantitative estimate of drug-likeness (QED) is 0.775. The van der Waals surface area contributed by atoms with Gasteiger partial charge in [0.15, 0.2) is 0 Å². The number of nitrogens with one attached hydrogen (secondary N) is 1. The van der Waals surface area contributed by atoms with Gasteiger partial charge in [-0.25, -0.2) is 0 Å². The van der Waals surface area contributed by atoms with Crippen molar-refractivity contribution in [3.63, 3.8) is 0 Å². The molecule has 4 nitrogen and oxygen atoms in total. The molecule has 19 heavy (non-hydrogen) atoms. The molecule has 0 aliphatic rings. The lowest BCUT2D eigenvalue weighted by atomic mass is 10.1. The number of hydrogen-bond donors (Lipinski definition) is 1. The maximum Gasteiger partial charge on any atom is 0.115 e. The Hall–Kier alpha value is -2.36. The summed E-state index contributed by atoms with van der Waals surface area (Å²) < 4.78 is 0. The van der Waals surface area contributed by atoms with Gasteiger partial charge >= 0.3 is 0 Å². The number of fused-ring (bicyclic) bond motifs is 1. The van der Waals surface area contributed by atoms with Crippen LogP contribution in [0.5, 0.6) is 0 Å². The van der Waals surface area contributed by atoms with Crippen LogP contribution in [-0.2, 0) is 0 Å². The van der Waals surface area contributed by atoms with Gasteiger partial charge < -0.3 is 5.43 Å². The molecule has 0 bridgehead atoms. The molecule has 3 rings (SSSR count). The van der Waals surface area contributed by atoms with Crippen molar-refractivity contribution in [1.82, 2.24) is 15.1 Å². The number of benzene rings is 2.